The van der Waals surface area contributed by atoms with Gasteiger partial charge in [-0.3, -0.25) is 0 Å². The Kier molecular flexibility index (Phi) is 3.92. The van der Waals surface area contributed by atoms with Crippen LogP contribution in [0.25, 0.3) is 0 Å². The summed E-state index contributed by atoms with van der Waals surface area (Å²) in [7, 11) is 0. The lowest BCUT2D eigenvalue weighted by atomic mass is 10.3. The maximum atomic E-state index is 13.9. The van der Waals surface area contributed by atoms with Gasteiger partial charge in [0.1, 0.15) is 5.75 Å². The third-order valence-corrected chi connectivity index (χ3v) is 3.00. The molecule has 0 bridgehead atoms. The van der Waals surface area contributed by atoms with E-state index in [9.17, 15) is 9.50 Å². The zero-order chi connectivity index (χ0) is 16.2. The number of hydrogen-bond acceptors (Lipinski definition) is 6. The van der Waals surface area contributed by atoms with Crippen LogP contribution in [-0.2, 0) is 0 Å². The molecule has 1 heterocycles. The Balaban J connectivity index is 1.84. The highest BCUT2D eigenvalue weighted by atomic mass is 19.1. The number of aromatic hydroxyl groups is 1. The van der Waals surface area contributed by atoms with Crippen molar-refractivity contribution in [3.63, 3.8) is 0 Å². The molecule has 0 atom stereocenters. The smallest absolute Gasteiger partial charge is 0.229 e. The topological polar surface area (TPSA) is 96.1 Å². The Hall–Kier alpha value is -3.35. The van der Waals surface area contributed by atoms with E-state index < -0.39 is 5.82 Å². The van der Waals surface area contributed by atoms with Crippen LogP contribution in [0.1, 0.15) is 0 Å². The standard InChI is InChI=1S/C16H14FN5O/c17-14-9-19-16(21-12-5-2-6-13(23)8-12)22-15(14)20-11-4-1-3-10(18)7-11/h1-9,23H,18H2,(H2,19,20,21,22). The molecule has 0 aliphatic rings. The number of aromatic nitrogens is 2. The van der Waals surface area contributed by atoms with E-state index >= 15 is 0 Å². The summed E-state index contributed by atoms with van der Waals surface area (Å²) in [5, 5.41) is 15.2. The van der Waals surface area contributed by atoms with Gasteiger partial charge in [-0.05, 0) is 30.3 Å². The predicted molar refractivity (Wildman–Crippen MR) is 87.5 cm³/mol. The lowest BCUT2D eigenvalue weighted by molar-refractivity contribution is 0.475. The van der Waals surface area contributed by atoms with Crippen LogP contribution in [0.5, 0.6) is 5.75 Å². The van der Waals surface area contributed by atoms with Crippen LogP contribution < -0.4 is 16.4 Å². The minimum Gasteiger partial charge on any atom is -0.508 e. The predicted octanol–water partition coefficient (Wildman–Crippen LogP) is 3.39. The summed E-state index contributed by atoms with van der Waals surface area (Å²) in [6.45, 7) is 0. The highest BCUT2D eigenvalue weighted by Crippen LogP contribution is 2.22. The highest BCUT2D eigenvalue weighted by Gasteiger charge is 2.08. The summed E-state index contributed by atoms with van der Waals surface area (Å²) in [5.74, 6) is -0.263. The molecule has 3 aromatic rings. The average molecular weight is 311 g/mol. The molecule has 0 aliphatic carbocycles. The zero-order valence-corrected chi connectivity index (χ0v) is 12.0. The fourth-order valence-corrected chi connectivity index (χ4v) is 1.98. The summed E-state index contributed by atoms with van der Waals surface area (Å²) in [5.41, 5.74) is 7.46. The molecule has 116 valence electrons. The molecule has 0 spiro atoms. The first-order chi connectivity index (χ1) is 11.1. The van der Waals surface area contributed by atoms with E-state index in [1.807, 2.05) is 0 Å². The lowest BCUT2D eigenvalue weighted by Crippen LogP contribution is -2.03. The summed E-state index contributed by atoms with van der Waals surface area (Å²) in [4.78, 5) is 7.97. The number of nitrogens with two attached hydrogens (primary N) is 1. The van der Waals surface area contributed by atoms with Gasteiger partial charge in [-0.25, -0.2) is 9.37 Å². The van der Waals surface area contributed by atoms with Crippen molar-refractivity contribution in [3.8, 4) is 5.75 Å². The van der Waals surface area contributed by atoms with E-state index in [-0.39, 0.29) is 17.5 Å². The van der Waals surface area contributed by atoms with Gasteiger partial charge in [-0.2, -0.15) is 4.98 Å². The number of phenols is 1. The second-order valence-electron chi connectivity index (χ2n) is 4.82. The van der Waals surface area contributed by atoms with Crippen molar-refractivity contribution in [2.75, 3.05) is 16.4 Å². The van der Waals surface area contributed by atoms with Gasteiger partial charge in [0, 0.05) is 23.1 Å². The summed E-state index contributed by atoms with van der Waals surface area (Å²) < 4.78 is 13.9. The molecule has 0 aliphatic heterocycles. The van der Waals surface area contributed by atoms with Crippen LogP contribution in [0.4, 0.5) is 33.2 Å². The van der Waals surface area contributed by atoms with E-state index in [0.29, 0.717) is 17.1 Å². The van der Waals surface area contributed by atoms with Gasteiger partial charge in [0.15, 0.2) is 11.6 Å². The molecular formula is C16H14FN5O. The molecule has 0 unspecified atom stereocenters. The Bertz CT molecular complexity index is 840. The van der Waals surface area contributed by atoms with Crippen LogP contribution in [0.2, 0.25) is 0 Å². The van der Waals surface area contributed by atoms with E-state index in [2.05, 4.69) is 20.6 Å². The number of hydrogen-bond donors (Lipinski definition) is 4. The molecule has 2 aromatic carbocycles. The number of nitrogens with one attached hydrogen (secondary N) is 2. The molecule has 23 heavy (non-hydrogen) atoms. The SMILES string of the molecule is Nc1cccc(Nc2nc(Nc3cccc(O)c3)ncc2F)c1. The Morgan fingerprint density at radius 2 is 1.74 bits per heavy atom. The molecule has 5 N–H and O–H groups in total. The fraction of sp³-hybridized carbons (Fsp3) is 0. The normalized spacial score (nSPS) is 10.3. The summed E-state index contributed by atoms with van der Waals surface area (Å²) in [6.07, 6.45) is 1.06. The zero-order valence-electron chi connectivity index (χ0n) is 12.0. The van der Waals surface area contributed by atoms with E-state index in [1.165, 1.54) is 6.07 Å². The number of anilines is 5. The number of nitrogen functional groups attached to an aromatic ring is 1. The van der Waals surface area contributed by atoms with E-state index in [4.69, 9.17) is 5.73 Å². The number of benzene rings is 2. The molecule has 0 radical (unpaired) electrons. The molecule has 1 aromatic heterocycles. The second-order valence-corrected chi connectivity index (χ2v) is 4.82. The van der Waals surface area contributed by atoms with Crippen LogP contribution in [0, 0.1) is 5.82 Å². The van der Waals surface area contributed by atoms with Crippen molar-refractivity contribution < 1.29 is 9.50 Å². The fourth-order valence-electron chi connectivity index (χ4n) is 1.98. The van der Waals surface area contributed by atoms with Gasteiger partial charge in [-0.15, -0.1) is 0 Å². The molecule has 3 rings (SSSR count). The lowest BCUT2D eigenvalue weighted by Gasteiger charge is -2.10. The molecule has 0 amide bonds. The van der Waals surface area contributed by atoms with E-state index in [1.54, 1.807) is 42.5 Å². The Morgan fingerprint density at radius 3 is 2.48 bits per heavy atom. The van der Waals surface area contributed by atoms with Crippen molar-refractivity contribution in [1.82, 2.24) is 9.97 Å². The van der Waals surface area contributed by atoms with Crippen molar-refractivity contribution >= 4 is 28.8 Å². The van der Waals surface area contributed by atoms with Crippen molar-refractivity contribution in [1.29, 1.82) is 0 Å². The van der Waals surface area contributed by atoms with Crippen molar-refractivity contribution in [2.24, 2.45) is 0 Å². The minimum atomic E-state index is -0.589. The van der Waals surface area contributed by atoms with Crippen molar-refractivity contribution in [2.45, 2.75) is 0 Å². The van der Waals surface area contributed by atoms with Gasteiger partial charge in [0.05, 0.1) is 6.20 Å². The first-order valence-corrected chi connectivity index (χ1v) is 6.81. The maximum absolute atomic E-state index is 13.9. The van der Waals surface area contributed by atoms with Gasteiger partial charge in [0.2, 0.25) is 5.95 Å². The van der Waals surface area contributed by atoms with Crippen LogP contribution >= 0.6 is 0 Å². The monoisotopic (exact) mass is 311 g/mol. The molecule has 0 saturated heterocycles. The third-order valence-electron chi connectivity index (χ3n) is 3.00. The molecule has 6 nitrogen and oxygen atoms in total. The average Bonchev–Trinajstić information content (AvgIpc) is 2.51. The van der Waals surface area contributed by atoms with Gasteiger partial charge < -0.3 is 21.5 Å². The van der Waals surface area contributed by atoms with Gasteiger partial charge in [-0.1, -0.05) is 12.1 Å². The van der Waals surface area contributed by atoms with Gasteiger partial charge >= 0.3 is 0 Å². The second kappa shape index (κ2) is 6.18. The Morgan fingerprint density at radius 1 is 1.00 bits per heavy atom. The number of halogens is 1. The van der Waals surface area contributed by atoms with Crippen LogP contribution in [0.3, 0.4) is 0 Å². The van der Waals surface area contributed by atoms with Gasteiger partial charge in [0.25, 0.3) is 0 Å². The van der Waals surface area contributed by atoms with Crippen LogP contribution in [-0.4, -0.2) is 15.1 Å². The number of nitrogens with zero attached hydrogens (tertiary/aromatic N) is 2. The number of rotatable bonds is 4. The minimum absolute atomic E-state index is 0.0215. The van der Waals surface area contributed by atoms with E-state index in [0.717, 1.165) is 6.20 Å². The highest BCUT2D eigenvalue weighted by molar-refractivity contribution is 5.63. The quantitative estimate of drug-likeness (QED) is 0.552. The Labute approximate surface area is 131 Å². The summed E-state index contributed by atoms with van der Waals surface area (Å²) >= 11 is 0. The molecule has 0 fully saturated rings. The molecule has 7 heteroatoms. The first-order valence-electron chi connectivity index (χ1n) is 6.81. The summed E-state index contributed by atoms with van der Waals surface area (Å²) in [6, 6.07) is 13.4. The first kappa shape index (κ1) is 14.6. The van der Waals surface area contributed by atoms with Crippen LogP contribution in [0.15, 0.2) is 54.7 Å². The maximum Gasteiger partial charge on any atom is 0.229 e. The molecule has 0 saturated carbocycles. The largest absolute Gasteiger partial charge is 0.508 e. The third kappa shape index (κ3) is 3.65. The number of phenolic OH excluding ortho intramolecular Hbond substituents is 1. The molecular weight excluding hydrogens is 297 g/mol. The van der Waals surface area contributed by atoms with Crippen molar-refractivity contribution in [3.05, 3.63) is 60.5 Å².